The van der Waals surface area contributed by atoms with Crippen molar-refractivity contribution in [1.29, 1.82) is 0 Å². The highest BCUT2D eigenvalue weighted by Gasteiger charge is 2.17. The zero-order chi connectivity index (χ0) is 18.2. The highest BCUT2D eigenvalue weighted by Crippen LogP contribution is 2.33. The zero-order valence-electron chi connectivity index (χ0n) is 14.2. The molecule has 0 spiro atoms. The summed E-state index contributed by atoms with van der Waals surface area (Å²) in [4.78, 5) is 20.2. The largest absolute Gasteiger partial charge is 0.454 e. The van der Waals surface area contributed by atoms with Gasteiger partial charge in [0.1, 0.15) is 5.65 Å². The summed E-state index contributed by atoms with van der Waals surface area (Å²) in [5.41, 5.74) is 3.96. The fourth-order valence-electron chi connectivity index (χ4n) is 3.13. The lowest BCUT2D eigenvalue weighted by atomic mass is 10.1. The molecule has 2 aromatic heterocycles. The van der Waals surface area contributed by atoms with Crippen molar-refractivity contribution >= 4 is 22.6 Å². The number of amides is 1. The van der Waals surface area contributed by atoms with Crippen LogP contribution in [-0.2, 0) is 0 Å². The molecular weight excluding hydrogens is 342 g/mol. The molecule has 0 saturated carbocycles. The second-order valence-corrected chi connectivity index (χ2v) is 6.21. The molecule has 3 heterocycles. The van der Waals surface area contributed by atoms with Crippen molar-refractivity contribution in [2.24, 2.45) is 0 Å². The van der Waals surface area contributed by atoms with E-state index >= 15 is 0 Å². The van der Waals surface area contributed by atoms with Gasteiger partial charge in [-0.2, -0.15) is 0 Å². The maximum Gasteiger partial charge on any atom is 0.255 e. The molecule has 1 aliphatic rings. The Bertz CT molecular complexity index is 1150. The van der Waals surface area contributed by atoms with Crippen LogP contribution in [0.15, 0.2) is 67.0 Å². The van der Waals surface area contributed by atoms with Crippen LogP contribution in [0.3, 0.4) is 0 Å². The van der Waals surface area contributed by atoms with Crippen molar-refractivity contribution < 1.29 is 14.3 Å². The predicted octanol–water partition coefficient (Wildman–Crippen LogP) is 4.21. The molecule has 2 aromatic carbocycles. The molecule has 0 aliphatic carbocycles. The van der Waals surface area contributed by atoms with Crippen molar-refractivity contribution in [3.63, 3.8) is 0 Å². The summed E-state index contributed by atoms with van der Waals surface area (Å²) in [5, 5.41) is 3.80. The van der Waals surface area contributed by atoms with E-state index in [4.69, 9.17) is 9.47 Å². The minimum atomic E-state index is -0.223. The number of pyridine rings is 1. The summed E-state index contributed by atoms with van der Waals surface area (Å²) in [6, 6.07) is 17.2. The Morgan fingerprint density at radius 3 is 2.74 bits per heavy atom. The van der Waals surface area contributed by atoms with E-state index in [0.29, 0.717) is 22.7 Å². The number of carbonyl (C=O) groups excluding carboxylic acids is 1. The van der Waals surface area contributed by atoms with E-state index in [0.717, 1.165) is 22.2 Å². The maximum atomic E-state index is 12.7. The number of fused-ring (bicyclic) bond motifs is 2. The number of benzene rings is 2. The standard InChI is InChI=1S/C21H15N3O3/c25-21(14-6-7-18-19(9-14)27-12-26-18)24-17-11-23-20-16(17)8-15(10-22-20)13-4-2-1-3-5-13/h1-11H,12H2,(H,22,23)(H,24,25). The van der Waals surface area contributed by atoms with Gasteiger partial charge < -0.3 is 19.8 Å². The predicted molar refractivity (Wildman–Crippen MR) is 102 cm³/mol. The second kappa shape index (κ2) is 6.17. The first kappa shape index (κ1) is 15.5. The molecule has 1 aliphatic heterocycles. The van der Waals surface area contributed by atoms with Gasteiger partial charge in [0.2, 0.25) is 6.79 Å². The Kier molecular flexibility index (Phi) is 3.53. The van der Waals surface area contributed by atoms with E-state index in [-0.39, 0.29) is 12.7 Å². The lowest BCUT2D eigenvalue weighted by molar-refractivity contribution is 0.102. The molecule has 0 bridgehead atoms. The third kappa shape index (κ3) is 2.77. The first-order valence-corrected chi connectivity index (χ1v) is 8.51. The number of nitrogens with zero attached hydrogens (tertiary/aromatic N) is 1. The van der Waals surface area contributed by atoms with E-state index in [1.54, 1.807) is 24.4 Å². The molecule has 27 heavy (non-hydrogen) atoms. The number of H-pyrrole nitrogens is 1. The molecule has 4 aromatic rings. The highest BCUT2D eigenvalue weighted by atomic mass is 16.7. The zero-order valence-corrected chi connectivity index (χ0v) is 14.2. The Hall–Kier alpha value is -3.80. The van der Waals surface area contributed by atoms with Gasteiger partial charge in [-0.15, -0.1) is 0 Å². The van der Waals surface area contributed by atoms with Crippen molar-refractivity contribution in [1.82, 2.24) is 9.97 Å². The quantitative estimate of drug-likeness (QED) is 0.576. The van der Waals surface area contributed by atoms with E-state index in [2.05, 4.69) is 15.3 Å². The SMILES string of the molecule is O=C(Nc1c[nH]c2ncc(-c3ccccc3)cc12)c1ccc2c(c1)OCO2. The van der Waals surface area contributed by atoms with Gasteiger partial charge in [-0.3, -0.25) is 4.79 Å². The van der Waals surface area contributed by atoms with Gasteiger partial charge in [0.15, 0.2) is 11.5 Å². The number of carbonyl (C=O) groups is 1. The van der Waals surface area contributed by atoms with Gasteiger partial charge in [0.25, 0.3) is 5.91 Å². The third-order valence-electron chi connectivity index (χ3n) is 4.52. The van der Waals surface area contributed by atoms with Crippen LogP contribution in [0.1, 0.15) is 10.4 Å². The first-order chi connectivity index (χ1) is 13.3. The smallest absolute Gasteiger partial charge is 0.255 e. The summed E-state index contributed by atoms with van der Waals surface area (Å²) in [6.07, 6.45) is 3.56. The molecule has 0 saturated heterocycles. The third-order valence-corrected chi connectivity index (χ3v) is 4.52. The molecule has 6 nitrogen and oxygen atoms in total. The van der Waals surface area contributed by atoms with Crippen molar-refractivity contribution in [3.05, 3.63) is 72.6 Å². The van der Waals surface area contributed by atoms with Crippen LogP contribution < -0.4 is 14.8 Å². The molecule has 0 radical (unpaired) electrons. The summed E-state index contributed by atoms with van der Waals surface area (Å²) >= 11 is 0. The van der Waals surface area contributed by atoms with Crippen LogP contribution in [-0.4, -0.2) is 22.7 Å². The van der Waals surface area contributed by atoms with Crippen LogP contribution in [0.2, 0.25) is 0 Å². The number of rotatable bonds is 3. The summed E-state index contributed by atoms with van der Waals surface area (Å²) in [6.45, 7) is 0.177. The van der Waals surface area contributed by atoms with Gasteiger partial charge >= 0.3 is 0 Å². The van der Waals surface area contributed by atoms with E-state index in [9.17, 15) is 4.79 Å². The molecule has 0 fully saturated rings. The van der Waals surface area contributed by atoms with E-state index in [1.165, 1.54) is 0 Å². The van der Waals surface area contributed by atoms with Crippen LogP contribution in [0.4, 0.5) is 5.69 Å². The highest BCUT2D eigenvalue weighted by molar-refractivity contribution is 6.09. The van der Waals surface area contributed by atoms with Gasteiger partial charge in [0.05, 0.1) is 5.69 Å². The summed E-state index contributed by atoms with van der Waals surface area (Å²) in [7, 11) is 0. The first-order valence-electron chi connectivity index (χ1n) is 8.51. The summed E-state index contributed by atoms with van der Waals surface area (Å²) < 4.78 is 10.6. The minimum absolute atomic E-state index is 0.177. The lowest BCUT2D eigenvalue weighted by Gasteiger charge is -2.06. The molecular formula is C21H15N3O3. The fourth-order valence-corrected chi connectivity index (χ4v) is 3.13. The number of anilines is 1. The lowest BCUT2D eigenvalue weighted by Crippen LogP contribution is -2.11. The Balaban J connectivity index is 1.47. The second-order valence-electron chi connectivity index (χ2n) is 6.21. The maximum absolute atomic E-state index is 12.7. The Morgan fingerprint density at radius 1 is 1.00 bits per heavy atom. The van der Waals surface area contributed by atoms with Gasteiger partial charge in [-0.05, 0) is 29.8 Å². The normalized spacial score (nSPS) is 12.3. The van der Waals surface area contributed by atoms with E-state index < -0.39 is 0 Å². The average molecular weight is 357 g/mol. The van der Waals surface area contributed by atoms with Crippen LogP contribution in [0, 0.1) is 0 Å². The number of hydrogen-bond donors (Lipinski definition) is 2. The molecule has 1 amide bonds. The number of aromatic nitrogens is 2. The van der Waals surface area contributed by atoms with Crippen molar-refractivity contribution in [2.45, 2.75) is 0 Å². The molecule has 0 atom stereocenters. The van der Waals surface area contributed by atoms with Crippen LogP contribution in [0.5, 0.6) is 11.5 Å². The molecule has 6 heteroatoms. The minimum Gasteiger partial charge on any atom is -0.454 e. The van der Waals surface area contributed by atoms with Gasteiger partial charge in [0, 0.05) is 28.9 Å². The molecule has 132 valence electrons. The van der Waals surface area contributed by atoms with Crippen molar-refractivity contribution in [3.8, 4) is 22.6 Å². The molecule has 2 N–H and O–H groups in total. The van der Waals surface area contributed by atoms with Crippen molar-refractivity contribution in [2.75, 3.05) is 12.1 Å². The average Bonchev–Trinajstić information content (AvgIpc) is 3.34. The monoisotopic (exact) mass is 357 g/mol. The summed E-state index contributed by atoms with van der Waals surface area (Å²) in [5.74, 6) is 1.00. The van der Waals surface area contributed by atoms with Crippen LogP contribution >= 0.6 is 0 Å². The number of ether oxygens (including phenoxy) is 2. The topological polar surface area (TPSA) is 76.2 Å². The van der Waals surface area contributed by atoms with E-state index in [1.807, 2.05) is 42.6 Å². The van der Waals surface area contributed by atoms with Crippen LogP contribution in [0.25, 0.3) is 22.2 Å². The van der Waals surface area contributed by atoms with Gasteiger partial charge in [-0.1, -0.05) is 30.3 Å². The Labute approximate surface area is 154 Å². The number of aromatic amines is 1. The Morgan fingerprint density at radius 2 is 1.85 bits per heavy atom. The fraction of sp³-hybridized carbons (Fsp3) is 0.0476. The number of hydrogen-bond acceptors (Lipinski definition) is 4. The molecule has 0 unspecified atom stereocenters. The van der Waals surface area contributed by atoms with Gasteiger partial charge in [-0.25, -0.2) is 4.98 Å². The molecule has 5 rings (SSSR count). The number of nitrogens with one attached hydrogen (secondary N) is 2.